The maximum Gasteiger partial charge on any atom is 0.347 e. The fourth-order valence-corrected chi connectivity index (χ4v) is 2.29. The molecular formula is C7H9N3OS. The summed E-state index contributed by atoms with van der Waals surface area (Å²) in [7, 11) is 0. The summed E-state index contributed by atoms with van der Waals surface area (Å²) in [6.07, 6.45) is 2.04. The zero-order chi connectivity index (χ0) is 8.55. The van der Waals surface area contributed by atoms with Gasteiger partial charge >= 0.3 is 5.69 Å². The molecule has 0 aromatic carbocycles. The summed E-state index contributed by atoms with van der Waals surface area (Å²) in [5.41, 5.74) is 6.29. The van der Waals surface area contributed by atoms with Crippen LogP contribution in [0.3, 0.4) is 0 Å². The lowest BCUT2D eigenvalue weighted by Crippen LogP contribution is -2.18. The molecule has 1 aliphatic heterocycles. The van der Waals surface area contributed by atoms with Crippen molar-refractivity contribution in [2.24, 2.45) is 0 Å². The molecule has 4 nitrogen and oxygen atoms in total. The molecule has 2 rings (SSSR count). The van der Waals surface area contributed by atoms with Crippen LogP contribution in [-0.4, -0.2) is 15.7 Å². The first-order valence-corrected chi connectivity index (χ1v) is 4.77. The topological polar surface area (TPSA) is 71.8 Å². The van der Waals surface area contributed by atoms with Gasteiger partial charge in [0.1, 0.15) is 10.8 Å². The van der Waals surface area contributed by atoms with Crippen LogP contribution in [0.15, 0.2) is 9.82 Å². The van der Waals surface area contributed by atoms with Crippen molar-refractivity contribution < 1.29 is 0 Å². The number of nitrogen functional groups attached to an aromatic ring is 1. The summed E-state index contributed by atoms with van der Waals surface area (Å²) in [6, 6.07) is 0. The van der Waals surface area contributed by atoms with Crippen LogP contribution in [0.1, 0.15) is 12.0 Å². The van der Waals surface area contributed by atoms with Gasteiger partial charge in [-0.25, -0.2) is 4.79 Å². The number of aromatic nitrogens is 2. The van der Waals surface area contributed by atoms with Crippen molar-refractivity contribution in [2.75, 3.05) is 11.5 Å². The molecule has 0 bridgehead atoms. The molecule has 0 radical (unpaired) electrons. The SMILES string of the molecule is Nc1[nH]c(=O)nc2c1CCCS2. The van der Waals surface area contributed by atoms with E-state index in [1.807, 2.05) is 0 Å². The maximum atomic E-state index is 10.9. The van der Waals surface area contributed by atoms with Crippen molar-refractivity contribution in [2.45, 2.75) is 17.9 Å². The van der Waals surface area contributed by atoms with Gasteiger partial charge < -0.3 is 5.73 Å². The predicted octanol–water partition coefficient (Wildman–Crippen LogP) is 0.390. The number of nitrogens with zero attached hydrogens (tertiary/aromatic N) is 1. The fourth-order valence-electron chi connectivity index (χ4n) is 1.27. The Morgan fingerprint density at radius 2 is 2.42 bits per heavy atom. The molecule has 0 saturated heterocycles. The lowest BCUT2D eigenvalue weighted by atomic mass is 10.2. The third-order valence-corrected chi connectivity index (χ3v) is 2.94. The summed E-state index contributed by atoms with van der Waals surface area (Å²) in [5, 5.41) is 0.808. The Balaban J connectivity index is 2.60. The molecule has 0 amide bonds. The van der Waals surface area contributed by atoms with Crippen molar-refractivity contribution in [1.82, 2.24) is 9.97 Å². The summed E-state index contributed by atoms with van der Waals surface area (Å²) in [4.78, 5) is 17.2. The van der Waals surface area contributed by atoms with Gasteiger partial charge in [-0.3, -0.25) is 4.98 Å². The molecule has 1 aliphatic rings. The molecule has 0 unspecified atom stereocenters. The molecule has 5 heteroatoms. The Labute approximate surface area is 73.6 Å². The van der Waals surface area contributed by atoms with Crippen LogP contribution in [0.4, 0.5) is 5.82 Å². The molecule has 0 spiro atoms. The zero-order valence-corrected chi connectivity index (χ0v) is 7.28. The first kappa shape index (κ1) is 7.67. The number of hydrogen-bond donors (Lipinski definition) is 2. The van der Waals surface area contributed by atoms with E-state index in [9.17, 15) is 4.79 Å². The number of fused-ring (bicyclic) bond motifs is 1. The standard InChI is InChI=1S/C7H9N3OS/c8-5-4-2-1-3-12-6(4)10-7(11)9-5/h1-3H2,(H3,8,9,10,11). The van der Waals surface area contributed by atoms with Crippen molar-refractivity contribution in [3.63, 3.8) is 0 Å². The number of hydrogen-bond acceptors (Lipinski definition) is 4. The summed E-state index contributed by atoms with van der Waals surface area (Å²) in [6.45, 7) is 0. The third kappa shape index (κ3) is 1.20. The highest BCUT2D eigenvalue weighted by molar-refractivity contribution is 7.99. The van der Waals surface area contributed by atoms with E-state index in [1.54, 1.807) is 11.8 Å². The Morgan fingerprint density at radius 3 is 3.25 bits per heavy atom. The van der Waals surface area contributed by atoms with Crippen LogP contribution in [0.25, 0.3) is 0 Å². The van der Waals surface area contributed by atoms with Crippen molar-refractivity contribution in [1.29, 1.82) is 0 Å². The minimum absolute atomic E-state index is 0.347. The van der Waals surface area contributed by atoms with Gasteiger partial charge in [-0.2, -0.15) is 4.98 Å². The molecule has 0 atom stereocenters. The number of thioether (sulfide) groups is 1. The molecule has 0 saturated carbocycles. The minimum Gasteiger partial charge on any atom is -0.385 e. The van der Waals surface area contributed by atoms with Gasteiger partial charge in [0.05, 0.1) is 0 Å². The molecule has 12 heavy (non-hydrogen) atoms. The normalized spacial score (nSPS) is 15.7. The van der Waals surface area contributed by atoms with Gasteiger partial charge in [-0.15, -0.1) is 11.8 Å². The number of aromatic amines is 1. The van der Waals surface area contributed by atoms with Gasteiger partial charge in [-0.05, 0) is 18.6 Å². The molecular weight excluding hydrogens is 174 g/mol. The zero-order valence-electron chi connectivity index (χ0n) is 6.46. The highest BCUT2D eigenvalue weighted by Gasteiger charge is 2.14. The van der Waals surface area contributed by atoms with Crippen LogP contribution in [0.2, 0.25) is 0 Å². The van der Waals surface area contributed by atoms with Gasteiger partial charge in [-0.1, -0.05) is 0 Å². The van der Waals surface area contributed by atoms with E-state index in [0.717, 1.165) is 29.2 Å². The lowest BCUT2D eigenvalue weighted by Gasteiger charge is -2.14. The first-order chi connectivity index (χ1) is 5.77. The monoisotopic (exact) mass is 183 g/mol. The van der Waals surface area contributed by atoms with Crippen LogP contribution in [0, 0.1) is 0 Å². The van der Waals surface area contributed by atoms with Crippen molar-refractivity contribution in [3.8, 4) is 0 Å². The molecule has 2 heterocycles. The van der Waals surface area contributed by atoms with Crippen LogP contribution >= 0.6 is 11.8 Å². The van der Waals surface area contributed by atoms with Crippen molar-refractivity contribution >= 4 is 17.6 Å². The number of nitrogens with one attached hydrogen (secondary N) is 1. The average Bonchev–Trinajstić information content (AvgIpc) is 2.04. The van der Waals surface area contributed by atoms with E-state index in [-0.39, 0.29) is 5.69 Å². The van der Waals surface area contributed by atoms with E-state index in [2.05, 4.69) is 9.97 Å². The Kier molecular flexibility index (Phi) is 1.80. The largest absolute Gasteiger partial charge is 0.385 e. The maximum absolute atomic E-state index is 10.9. The quantitative estimate of drug-likeness (QED) is 0.571. The molecule has 0 aliphatic carbocycles. The highest BCUT2D eigenvalue weighted by atomic mass is 32.2. The summed E-state index contributed by atoms with van der Waals surface area (Å²) >= 11 is 1.61. The van der Waals surface area contributed by atoms with Crippen LogP contribution < -0.4 is 11.4 Å². The number of H-pyrrole nitrogens is 1. The Morgan fingerprint density at radius 1 is 1.58 bits per heavy atom. The van der Waals surface area contributed by atoms with Crippen molar-refractivity contribution in [3.05, 3.63) is 16.0 Å². The smallest absolute Gasteiger partial charge is 0.347 e. The van der Waals surface area contributed by atoms with Crippen LogP contribution in [0.5, 0.6) is 0 Å². The molecule has 1 aromatic heterocycles. The van der Waals surface area contributed by atoms with Gasteiger partial charge in [0.15, 0.2) is 0 Å². The second-order valence-corrected chi connectivity index (χ2v) is 3.77. The minimum atomic E-state index is -0.347. The van der Waals surface area contributed by atoms with E-state index < -0.39 is 0 Å². The number of nitrogens with two attached hydrogens (primary N) is 1. The molecule has 0 fully saturated rings. The second kappa shape index (κ2) is 2.82. The van der Waals surface area contributed by atoms with E-state index >= 15 is 0 Å². The van der Waals surface area contributed by atoms with E-state index in [1.165, 1.54) is 0 Å². The fraction of sp³-hybridized carbons (Fsp3) is 0.429. The first-order valence-electron chi connectivity index (χ1n) is 3.79. The second-order valence-electron chi connectivity index (χ2n) is 2.69. The summed E-state index contributed by atoms with van der Waals surface area (Å²) in [5.74, 6) is 1.51. The molecule has 64 valence electrons. The Bertz CT molecular complexity index is 360. The van der Waals surface area contributed by atoms with Gasteiger partial charge in [0.2, 0.25) is 0 Å². The average molecular weight is 183 g/mol. The van der Waals surface area contributed by atoms with Gasteiger partial charge in [0.25, 0.3) is 0 Å². The van der Waals surface area contributed by atoms with Crippen LogP contribution in [-0.2, 0) is 6.42 Å². The van der Waals surface area contributed by atoms with E-state index in [4.69, 9.17) is 5.73 Å². The third-order valence-electron chi connectivity index (χ3n) is 1.84. The molecule has 3 N–H and O–H groups in total. The number of anilines is 1. The summed E-state index contributed by atoms with van der Waals surface area (Å²) < 4.78 is 0. The highest BCUT2D eigenvalue weighted by Crippen LogP contribution is 2.28. The number of rotatable bonds is 0. The molecule has 1 aromatic rings. The Hall–Kier alpha value is -0.970. The lowest BCUT2D eigenvalue weighted by molar-refractivity contribution is 0.829. The van der Waals surface area contributed by atoms with Gasteiger partial charge in [0, 0.05) is 5.56 Å². The van der Waals surface area contributed by atoms with E-state index in [0.29, 0.717) is 5.82 Å². The predicted molar refractivity (Wildman–Crippen MR) is 48.3 cm³/mol.